The summed E-state index contributed by atoms with van der Waals surface area (Å²) in [5, 5.41) is 9.87. The summed E-state index contributed by atoms with van der Waals surface area (Å²) >= 11 is 0. The number of alkyl halides is 1. The molecule has 46 heavy (non-hydrogen) atoms. The maximum absolute atomic E-state index is 13.5. The van der Waals surface area contributed by atoms with Gasteiger partial charge in [-0.05, 0) is 23.8 Å². The summed E-state index contributed by atoms with van der Waals surface area (Å²) in [5.41, 5.74) is 0.730. The predicted molar refractivity (Wildman–Crippen MR) is 163 cm³/mol. The molecule has 1 rings (SSSR count). The van der Waals surface area contributed by atoms with Crippen LogP contribution in [0.3, 0.4) is 0 Å². The molecule has 0 bridgehead atoms. The lowest BCUT2D eigenvalue weighted by atomic mass is 9.96. The quantitative estimate of drug-likeness (QED) is 0.126. The first-order valence-electron chi connectivity index (χ1n) is 14.9. The van der Waals surface area contributed by atoms with Gasteiger partial charge in [0.15, 0.2) is 5.78 Å². The topological polar surface area (TPSA) is 195 Å². The van der Waals surface area contributed by atoms with Crippen molar-refractivity contribution < 1.29 is 52.2 Å². The molecule has 0 saturated carbocycles. The zero-order valence-corrected chi connectivity index (χ0v) is 27.1. The second-order valence-electron chi connectivity index (χ2n) is 10.9. The lowest BCUT2D eigenvalue weighted by molar-refractivity contribution is -0.144. The SMILES string of the molecule is CC[C@H](C)[C@H](NC(=O)C(CCC(=O)OC)NC(=O)[C@@H](NC(=O)OCc1ccccc1)C(C)C)C(=O)NC(CC(=O)OC)C(=O)CF. The van der Waals surface area contributed by atoms with E-state index in [4.69, 9.17) is 4.74 Å². The fourth-order valence-electron chi connectivity index (χ4n) is 4.13. The van der Waals surface area contributed by atoms with E-state index in [0.717, 1.165) is 19.8 Å². The minimum Gasteiger partial charge on any atom is -0.469 e. The van der Waals surface area contributed by atoms with Gasteiger partial charge in [-0.2, -0.15) is 0 Å². The Bertz CT molecular complexity index is 1200. The van der Waals surface area contributed by atoms with E-state index in [2.05, 4.69) is 30.7 Å². The van der Waals surface area contributed by atoms with Gasteiger partial charge in [-0.1, -0.05) is 64.4 Å². The molecule has 0 aliphatic rings. The first kappa shape index (κ1) is 39.5. The third kappa shape index (κ3) is 13.6. The minimum atomic E-state index is -1.54. The monoisotopic (exact) mass is 652 g/mol. The molecule has 2 unspecified atom stereocenters. The Labute approximate surface area is 267 Å². The Morgan fingerprint density at radius 1 is 0.761 bits per heavy atom. The molecular formula is C31H45FN4O10. The minimum absolute atomic E-state index is 0.0419. The van der Waals surface area contributed by atoms with E-state index in [0.29, 0.717) is 6.42 Å². The zero-order valence-electron chi connectivity index (χ0n) is 27.1. The first-order valence-corrected chi connectivity index (χ1v) is 14.9. The van der Waals surface area contributed by atoms with Crippen LogP contribution < -0.4 is 21.3 Å². The number of hydrogen-bond donors (Lipinski definition) is 4. The number of nitrogens with one attached hydrogen (secondary N) is 4. The number of methoxy groups -OCH3 is 2. The van der Waals surface area contributed by atoms with Crippen molar-refractivity contribution in [2.24, 2.45) is 11.8 Å². The maximum Gasteiger partial charge on any atom is 0.408 e. The number of ether oxygens (including phenoxy) is 3. The number of carbonyl (C=O) groups excluding carboxylic acids is 7. The zero-order chi connectivity index (χ0) is 34.8. The van der Waals surface area contributed by atoms with Gasteiger partial charge in [0, 0.05) is 6.42 Å². The standard InChI is InChI=1S/C31H45FN4O10/c1-7-19(4)27(30(42)34-22(23(37)16-32)15-25(39)45-6)35-28(40)21(13-14-24(38)44-5)33-29(41)26(18(2)3)36-31(43)46-17-20-11-9-8-10-12-20/h8-12,18-19,21-22,26-27H,7,13-17H2,1-6H3,(H,33,41)(H,34,42)(H,35,40)(H,36,43)/t19-,21?,22?,26-,27-/m0/s1. The number of rotatable bonds is 19. The Morgan fingerprint density at radius 3 is 1.89 bits per heavy atom. The Kier molecular flexibility index (Phi) is 17.6. The number of amides is 4. The number of alkyl carbamates (subject to hydrolysis) is 1. The summed E-state index contributed by atoms with van der Waals surface area (Å²) in [5.74, 6) is -6.05. The van der Waals surface area contributed by atoms with Crippen LogP contribution in [0.25, 0.3) is 0 Å². The van der Waals surface area contributed by atoms with Crippen LogP contribution in [0.15, 0.2) is 30.3 Å². The summed E-state index contributed by atoms with van der Waals surface area (Å²) in [4.78, 5) is 88.4. The highest BCUT2D eigenvalue weighted by atomic mass is 19.1. The molecule has 14 nitrogen and oxygen atoms in total. The molecular weight excluding hydrogens is 607 g/mol. The Morgan fingerprint density at radius 2 is 1.35 bits per heavy atom. The molecule has 4 amide bonds. The van der Waals surface area contributed by atoms with Gasteiger partial charge >= 0.3 is 18.0 Å². The Hall–Kier alpha value is -4.56. The third-order valence-corrected chi connectivity index (χ3v) is 7.16. The van der Waals surface area contributed by atoms with Gasteiger partial charge in [0.2, 0.25) is 17.7 Å². The van der Waals surface area contributed by atoms with Gasteiger partial charge in [0.1, 0.15) is 37.4 Å². The van der Waals surface area contributed by atoms with Crippen molar-refractivity contribution in [3.8, 4) is 0 Å². The number of halogens is 1. The Balaban J connectivity index is 3.15. The predicted octanol–water partition coefficient (Wildman–Crippen LogP) is 1.49. The highest BCUT2D eigenvalue weighted by molar-refractivity contribution is 5.97. The number of carbonyl (C=O) groups is 7. The third-order valence-electron chi connectivity index (χ3n) is 7.16. The van der Waals surface area contributed by atoms with E-state index in [1.807, 2.05) is 6.07 Å². The van der Waals surface area contributed by atoms with Crippen molar-refractivity contribution in [1.82, 2.24) is 21.3 Å². The van der Waals surface area contributed by atoms with E-state index >= 15 is 0 Å². The van der Waals surface area contributed by atoms with E-state index < -0.39 is 90.6 Å². The average molecular weight is 653 g/mol. The molecule has 0 aliphatic carbocycles. The van der Waals surface area contributed by atoms with Crippen molar-refractivity contribution in [3.63, 3.8) is 0 Å². The second kappa shape index (κ2) is 20.5. The van der Waals surface area contributed by atoms with Crippen LogP contribution in [0.1, 0.15) is 58.9 Å². The van der Waals surface area contributed by atoms with Crippen molar-refractivity contribution in [3.05, 3.63) is 35.9 Å². The number of esters is 2. The van der Waals surface area contributed by atoms with Crippen LogP contribution in [0, 0.1) is 11.8 Å². The summed E-state index contributed by atoms with van der Waals surface area (Å²) in [6, 6.07) is 3.55. The molecule has 0 heterocycles. The lowest BCUT2D eigenvalue weighted by Crippen LogP contribution is -2.59. The van der Waals surface area contributed by atoms with Crippen LogP contribution in [0.2, 0.25) is 0 Å². The van der Waals surface area contributed by atoms with Crippen molar-refractivity contribution in [2.45, 2.75) is 84.2 Å². The van der Waals surface area contributed by atoms with Crippen LogP contribution in [0.4, 0.5) is 9.18 Å². The van der Waals surface area contributed by atoms with Crippen molar-refractivity contribution >= 4 is 41.5 Å². The molecule has 4 N–H and O–H groups in total. The molecule has 0 radical (unpaired) electrons. The highest BCUT2D eigenvalue weighted by Gasteiger charge is 2.35. The summed E-state index contributed by atoms with van der Waals surface area (Å²) in [6.07, 6.45) is -1.62. The number of benzene rings is 1. The molecule has 1 aromatic rings. The molecule has 0 aromatic heterocycles. The highest BCUT2D eigenvalue weighted by Crippen LogP contribution is 2.12. The molecule has 1 aromatic carbocycles. The fourth-order valence-corrected chi connectivity index (χ4v) is 4.13. The second-order valence-corrected chi connectivity index (χ2v) is 10.9. The number of Topliss-reactive ketones (excluding diaryl/α,β-unsaturated/α-hetero) is 1. The summed E-state index contributed by atoms with van der Waals surface area (Å²) in [7, 11) is 2.22. The largest absolute Gasteiger partial charge is 0.469 e. The number of hydrogen-bond acceptors (Lipinski definition) is 10. The van der Waals surface area contributed by atoms with Gasteiger partial charge in [-0.25, -0.2) is 9.18 Å². The summed E-state index contributed by atoms with van der Waals surface area (Å²) in [6.45, 7) is 5.21. The number of ketones is 1. The van der Waals surface area contributed by atoms with E-state index in [-0.39, 0.29) is 19.4 Å². The average Bonchev–Trinajstić information content (AvgIpc) is 3.05. The van der Waals surface area contributed by atoms with Crippen LogP contribution in [0.5, 0.6) is 0 Å². The molecule has 0 spiro atoms. The first-order chi connectivity index (χ1) is 21.8. The molecule has 15 heteroatoms. The summed E-state index contributed by atoms with van der Waals surface area (Å²) < 4.78 is 27.6. The van der Waals surface area contributed by atoms with E-state index in [1.54, 1.807) is 52.0 Å². The maximum atomic E-state index is 13.5. The van der Waals surface area contributed by atoms with Crippen LogP contribution in [-0.4, -0.2) is 86.6 Å². The molecule has 256 valence electrons. The van der Waals surface area contributed by atoms with E-state index in [9.17, 15) is 38.0 Å². The smallest absolute Gasteiger partial charge is 0.408 e. The fraction of sp³-hybridized carbons (Fsp3) is 0.581. The van der Waals surface area contributed by atoms with Crippen molar-refractivity contribution in [1.29, 1.82) is 0 Å². The molecule has 0 saturated heterocycles. The van der Waals surface area contributed by atoms with Gasteiger partial charge in [0.05, 0.1) is 20.6 Å². The van der Waals surface area contributed by atoms with Crippen molar-refractivity contribution in [2.75, 3.05) is 20.9 Å². The van der Waals surface area contributed by atoms with Gasteiger partial charge < -0.3 is 35.5 Å². The normalized spacial score (nSPS) is 14.0. The molecule has 0 aliphatic heterocycles. The van der Waals surface area contributed by atoms with E-state index in [1.165, 1.54) is 0 Å². The van der Waals surface area contributed by atoms with Gasteiger partial charge in [-0.3, -0.25) is 28.8 Å². The van der Waals surface area contributed by atoms with Gasteiger partial charge in [0.25, 0.3) is 0 Å². The van der Waals surface area contributed by atoms with Crippen LogP contribution in [-0.2, 0) is 49.6 Å². The molecule has 5 atom stereocenters. The van der Waals surface area contributed by atoms with Crippen LogP contribution >= 0.6 is 0 Å². The lowest BCUT2D eigenvalue weighted by Gasteiger charge is -2.29. The van der Waals surface area contributed by atoms with Gasteiger partial charge in [-0.15, -0.1) is 0 Å². The molecule has 0 fully saturated rings.